The first kappa shape index (κ1) is 21.5. The molecule has 0 bridgehead atoms. The van der Waals surface area contributed by atoms with Crippen LogP contribution in [0.15, 0.2) is 28.7 Å². The van der Waals surface area contributed by atoms with E-state index in [0.29, 0.717) is 18.3 Å². The van der Waals surface area contributed by atoms with Crippen molar-refractivity contribution in [3.63, 3.8) is 0 Å². The Balaban J connectivity index is 0.00000288. The summed E-state index contributed by atoms with van der Waals surface area (Å²) in [5, 5.41) is 6.56. The van der Waals surface area contributed by atoms with Crippen molar-refractivity contribution in [3.8, 4) is 0 Å². The molecule has 1 heterocycles. The van der Waals surface area contributed by atoms with Crippen LogP contribution >= 0.6 is 28.3 Å². The fraction of sp³-hybridized carbons (Fsp3) is 0.632. The first-order valence-electron chi connectivity index (χ1n) is 8.79. The minimum atomic E-state index is 0. The quantitative estimate of drug-likeness (QED) is 0.693. The van der Waals surface area contributed by atoms with Gasteiger partial charge in [0.2, 0.25) is 5.91 Å². The lowest BCUT2D eigenvalue weighted by Crippen LogP contribution is -2.36. The highest BCUT2D eigenvalue weighted by atomic mass is 79.9. The summed E-state index contributed by atoms with van der Waals surface area (Å²) >= 11 is 3.45. The Kier molecular flexibility index (Phi) is 9.94. The molecule has 1 amide bonds. The van der Waals surface area contributed by atoms with E-state index in [-0.39, 0.29) is 24.4 Å². The number of hydrogen-bond donors (Lipinski definition) is 2. The highest BCUT2D eigenvalue weighted by molar-refractivity contribution is 9.10. The van der Waals surface area contributed by atoms with E-state index in [0.717, 1.165) is 30.4 Å². The summed E-state index contributed by atoms with van der Waals surface area (Å²) in [6.45, 7) is 6.52. The molecular weight excluding hydrogens is 388 g/mol. The summed E-state index contributed by atoms with van der Waals surface area (Å²) in [6, 6.07) is 8.64. The fourth-order valence-electron chi connectivity index (χ4n) is 3.31. The van der Waals surface area contributed by atoms with Gasteiger partial charge in [-0.25, -0.2) is 0 Å². The molecule has 0 aliphatic carbocycles. The number of hydrogen-bond acceptors (Lipinski definition) is 2. The number of aryl methyl sites for hydroxylation is 1. The third-order valence-corrected chi connectivity index (χ3v) is 5.41. The molecule has 24 heavy (non-hydrogen) atoms. The third-order valence-electron chi connectivity index (χ3n) is 4.88. The summed E-state index contributed by atoms with van der Waals surface area (Å²) < 4.78 is 1.11. The SMILES string of the molecule is CC(CCc1ccc(Br)cc1)NC(=O)CC(C)C1CCNCC1.Cl. The van der Waals surface area contributed by atoms with Crippen molar-refractivity contribution in [3.05, 3.63) is 34.3 Å². The van der Waals surface area contributed by atoms with Crippen molar-refractivity contribution in [1.29, 1.82) is 0 Å². The van der Waals surface area contributed by atoms with Gasteiger partial charge < -0.3 is 10.6 Å². The minimum absolute atomic E-state index is 0. The minimum Gasteiger partial charge on any atom is -0.354 e. The first-order chi connectivity index (χ1) is 11.0. The van der Waals surface area contributed by atoms with Crippen molar-refractivity contribution >= 4 is 34.2 Å². The van der Waals surface area contributed by atoms with Gasteiger partial charge in [0, 0.05) is 16.9 Å². The van der Waals surface area contributed by atoms with Crippen LogP contribution in [0.25, 0.3) is 0 Å². The van der Waals surface area contributed by atoms with Crippen LogP contribution in [0, 0.1) is 11.8 Å². The second-order valence-electron chi connectivity index (χ2n) is 6.90. The van der Waals surface area contributed by atoms with Crippen LogP contribution in [0.5, 0.6) is 0 Å². The smallest absolute Gasteiger partial charge is 0.220 e. The maximum atomic E-state index is 12.2. The molecule has 136 valence electrons. The molecule has 0 spiro atoms. The van der Waals surface area contributed by atoms with E-state index in [2.05, 4.69) is 64.7 Å². The zero-order valence-corrected chi connectivity index (χ0v) is 17.1. The molecule has 1 aromatic carbocycles. The Bertz CT molecular complexity index is 489. The number of nitrogens with one attached hydrogen (secondary N) is 2. The fourth-order valence-corrected chi connectivity index (χ4v) is 3.58. The number of rotatable bonds is 7. The van der Waals surface area contributed by atoms with Crippen molar-refractivity contribution in [2.75, 3.05) is 13.1 Å². The van der Waals surface area contributed by atoms with Crippen molar-refractivity contribution < 1.29 is 4.79 Å². The molecule has 1 aromatic rings. The van der Waals surface area contributed by atoms with Crippen molar-refractivity contribution in [1.82, 2.24) is 10.6 Å². The average molecular weight is 418 g/mol. The summed E-state index contributed by atoms with van der Waals surface area (Å²) in [4.78, 5) is 12.2. The lowest BCUT2D eigenvalue weighted by atomic mass is 9.84. The van der Waals surface area contributed by atoms with Gasteiger partial charge in [-0.05, 0) is 75.2 Å². The van der Waals surface area contributed by atoms with E-state index < -0.39 is 0 Å². The molecule has 2 rings (SSSR count). The predicted octanol–water partition coefficient (Wildman–Crippen LogP) is 4.33. The number of amides is 1. The molecular formula is C19H30BrClN2O. The molecule has 0 saturated carbocycles. The molecule has 3 nitrogen and oxygen atoms in total. The topological polar surface area (TPSA) is 41.1 Å². The van der Waals surface area contributed by atoms with Gasteiger partial charge in [0.05, 0.1) is 0 Å². The molecule has 2 unspecified atom stereocenters. The Hall–Kier alpha value is -0.580. The Morgan fingerprint density at radius 2 is 1.88 bits per heavy atom. The summed E-state index contributed by atoms with van der Waals surface area (Å²) in [7, 11) is 0. The molecule has 1 saturated heterocycles. The highest BCUT2D eigenvalue weighted by Gasteiger charge is 2.22. The van der Waals surface area contributed by atoms with Crippen LogP contribution in [-0.4, -0.2) is 25.0 Å². The number of benzene rings is 1. The zero-order chi connectivity index (χ0) is 16.7. The Morgan fingerprint density at radius 3 is 2.50 bits per heavy atom. The van der Waals surface area contributed by atoms with Gasteiger partial charge in [0.15, 0.2) is 0 Å². The number of carbonyl (C=O) groups is 1. The van der Waals surface area contributed by atoms with Crippen LogP contribution < -0.4 is 10.6 Å². The summed E-state index contributed by atoms with van der Waals surface area (Å²) in [5.41, 5.74) is 1.32. The second kappa shape index (κ2) is 11.1. The zero-order valence-electron chi connectivity index (χ0n) is 14.7. The maximum Gasteiger partial charge on any atom is 0.220 e. The van der Waals surface area contributed by atoms with Crippen LogP contribution in [-0.2, 0) is 11.2 Å². The molecule has 2 N–H and O–H groups in total. The van der Waals surface area contributed by atoms with E-state index in [1.165, 1.54) is 18.4 Å². The summed E-state index contributed by atoms with van der Waals surface area (Å²) in [6.07, 6.45) is 5.04. The third kappa shape index (κ3) is 7.54. The van der Waals surface area contributed by atoms with Crippen LogP contribution in [0.2, 0.25) is 0 Å². The molecule has 1 fully saturated rings. The van der Waals surface area contributed by atoms with Gasteiger partial charge in [-0.3, -0.25) is 4.79 Å². The van der Waals surface area contributed by atoms with E-state index in [1.54, 1.807) is 0 Å². The molecule has 1 aliphatic rings. The Labute approximate surface area is 160 Å². The van der Waals surface area contributed by atoms with Gasteiger partial charge in [0.1, 0.15) is 0 Å². The number of carbonyl (C=O) groups excluding carboxylic acids is 1. The van der Waals surface area contributed by atoms with Crippen LogP contribution in [0.3, 0.4) is 0 Å². The highest BCUT2D eigenvalue weighted by Crippen LogP contribution is 2.24. The van der Waals surface area contributed by atoms with E-state index in [4.69, 9.17) is 0 Å². The molecule has 5 heteroatoms. The van der Waals surface area contributed by atoms with Crippen molar-refractivity contribution in [2.45, 2.75) is 52.0 Å². The Morgan fingerprint density at radius 1 is 1.25 bits per heavy atom. The van der Waals surface area contributed by atoms with Gasteiger partial charge in [-0.15, -0.1) is 12.4 Å². The molecule has 0 radical (unpaired) electrons. The number of piperidine rings is 1. The standard InChI is InChI=1S/C19H29BrN2O.ClH/c1-14(17-9-11-21-12-10-17)13-19(23)22-15(2)3-4-16-5-7-18(20)8-6-16;/h5-8,14-15,17,21H,3-4,9-13H2,1-2H3,(H,22,23);1H. The van der Waals surface area contributed by atoms with Gasteiger partial charge in [0.25, 0.3) is 0 Å². The average Bonchev–Trinajstić information content (AvgIpc) is 2.55. The summed E-state index contributed by atoms with van der Waals surface area (Å²) in [5.74, 6) is 1.38. The lowest BCUT2D eigenvalue weighted by molar-refractivity contribution is -0.123. The van der Waals surface area contributed by atoms with Gasteiger partial charge in [-0.1, -0.05) is 35.0 Å². The van der Waals surface area contributed by atoms with E-state index in [1.807, 2.05) is 0 Å². The second-order valence-corrected chi connectivity index (χ2v) is 7.82. The molecule has 1 aliphatic heterocycles. The first-order valence-corrected chi connectivity index (χ1v) is 9.58. The number of halogens is 2. The van der Waals surface area contributed by atoms with Crippen LogP contribution in [0.4, 0.5) is 0 Å². The van der Waals surface area contributed by atoms with Gasteiger partial charge in [-0.2, -0.15) is 0 Å². The van der Waals surface area contributed by atoms with E-state index >= 15 is 0 Å². The van der Waals surface area contributed by atoms with Gasteiger partial charge >= 0.3 is 0 Å². The monoisotopic (exact) mass is 416 g/mol. The molecule has 2 atom stereocenters. The maximum absolute atomic E-state index is 12.2. The molecule has 0 aromatic heterocycles. The van der Waals surface area contributed by atoms with Crippen molar-refractivity contribution in [2.24, 2.45) is 11.8 Å². The normalized spacial score (nSPS) is 17.6. The van der Waals surface area contributed by atoms with E-state index in [9.17, 15) is 4.79 Å². The largest absolute Gasteiger partial charge is 0.354 e. The predicted molar refractivity (Wildman–Crippen MR) is 107 cm³/mol. The van der Waals surface area contributed by atoms with Crippen LogP contribution in [0.1, 0.15) is 45.1 Å². The lowest BCUT2D eigenvalue weighted by Gasteiger charge is -2.28.